The van der Waals surface area contributed by atoms with Crippen LogP contribution in [0.4, 0.5) is 0 Å². The standard InChI is InChI=1S/C17H20N4O2/c1-16(2)17(22,10-21-12-19-11-20-21)8-15(23-16)7-13-3-5-14(9-18)6-4-13/h3-6,11-12,15,22H,7-8,10H2,1-2H3. The topological polar surface area (TPSA) is 84.0 Å². The highest BCUT2D eigenvalue weighted by Gasteiger charge is 2.53. The fourth-order valence-corrected chi connectivity index (χ4v) is 3.12. The smallest absolute Gasteiger partial charge is 0.137 e. The SMILES string of the molecule is CC1(C)OC(Cc2ccc(C#N)cc2)CC1(O)Cn1cncn1. The average molecular weight is 312 g/mol. The Morgan fingerprint density at radius 3 is 2.74 bits per heavy atom. The van der Waals surface area contributed by atoms with Crippen molar-refractivity contribution in [1.82, 2.24) is 14.8 Å². The van der Waals surface area contributed by atoms with E-state index in [1.165, 1.54) is 6.33 Å². The van der Waals surface area contributed by atoms with Crippen LogP contribution < -0.4 is 0 Å². The number of ether oxygens (including phenoxy) is 1. The minimum atomic E-state index is -1.00. The van der Waals surface area contributed by atoms with Crippen molar-refractivity contribution < 1.29 is 9.84 Å². The zero-order valence-electron chi connectivity index (χ0n) is 13.3. The molecule has 0 spiro atoms. The maximum atomic E-state index is 11.1. The number of aliphatic hydroxyl groups is 1. The summed E-state index contributed by atoms with van der Waals surface area (Å²) in [5.41, 5.74) is 0.0627. The van der Waals surface area contributed by atoms with E-state index in [0.29, 0.717) is 24.9 Å². The zero-order valence-corrected chi connectivity index (χ0v) is 13.3. The molecule has 1 aromatic carbocycles. The van der Waals surface area contributed by atoms with Gasteiger partial charge in [-0.05, 0) is 38.0 Å². The highest BCUT2D eigenvalue weighted by Crippen LogP contribution is 2.41. The van der Waals surface area contributed by atoms with Crippen molar-refractivity contribution in [3.05, 3.63) is 48.0 Å². The van der Waals surface area contributed by atoms with Gasteiger partial charge in [0.1, 0.15) is 18.3 Å². The summed E-state index contributed by atoms with van der Waals surface area (Å²) in [4.78, 5) is 3.92. The molecule has 0 saturated carbocycles. The van der Waals surface area contributed by atoms with Crippen molar-refractivity contribution in [2.24, 2.45) is 0 Å². The van der Waals surface area contributed by atoms with Gasteiger partial charge in [0.15, 0.2) is 0 Å². The van der Waals surface area contributed by atoms with Gasteiger partial charge in [0, 0.05) is 6.42 Å². The molecule has 2 unspecified atom stereocenters. The van der Waals surface area contributed by atoms with E-state index >= 15 is 0 Å². The number of rotatable bonds is 4. The minimum Gasteiger partial charge on any atom is -0.385 e. The van der Waals surface area contributed by atoms with E-state index in [-0.39, 0.29) is 6.10 Å². The molecule has 2 heterocycles. The zero-order chi connectivity index (χ0) is 16.5. The van der Waals surface area contributed by atoms with Crippen molar-refractivity contribution >= 4 is 0 Å². The molecule has 2 atom stereocenters. The molecule has 23 heavy (non-hydrogen) atoms. The molecule has 1 fully saturated rings. The predicted octanol–water partition coefficient (Wildman–Crippen LogP) is 1.69. The second kappa shape index (κ2) is 5.76. The van der Waals surface area contributed by atoms with E-state index in [0.717, 1.165) is 5.56 Å². The summed E-state index contributed by atoms with van der Waals surface area (Å²) in [6.45, 7) is 4.16. The first-order chi connectivity index (χ1) is 10.9. The molecule has 1 aromatic heterocycles. The lowest BCUT2D eigenvalue weighted by atomic mass is 9.84. The number of hydrogen-bond acceptors (Lipinski definition) is 5. The largest absolute Gasteiger partial charge is 0.385 e. The molecule has 120 valence electrons. The number of aromatic nitrogens is 3. The number of benzene rings is 1. The molecule has 1 N–H and O–H groups in total. The summed E-state index contributed by atoms with van der Waals surface area (Å²) in [5, 5.41) is 24.0. The van der Waals surface area contributed by atoms with Gasteiger partial charge in [-0.3, -0.25) is 0 Å². The second-order valence-corrected chi connectivity index (χ2v) is 6.59. The quantitative estimate of drug-likeness (QED) is 0.929. The van der Waals surface area contributed by atoms with Gasteiger partial charge in [-0.1, -0.05) is 12.1 Å². The van der Waals surface area contributed by atoms with Crippen LogP contribution in [0.5, 0.6) is 0 Å². The van der Waals surface area contributed by atoms with Crippen LogP contribution in [0.2, 0.25) is 0 Å². The summed E-state index contributed by atoms with van der Waals surface area (Å²) in [6, 6.07) is 9.59. The monoisotopic (exact) mass is 312 g/mol. The van der Waals surface area contributed by atoms with E-state index in [2.05, 4.69) is 16.2 Å². The van der Waals surface area contributed by atoms with Crippen molar-refractivity contribution in [2.45, 2.75) is 50.5 Å². The maximum absolute atomic E-state index is 11.1. The highest BCUT2D eigenvalue weighted by molar-refractivity contribution is 5.32. The third-order valence-electron chi connectivity index (χ3n) is 4.58. The molecule has 1 saturated heterocycles. The lowest BCUT2D eigenvalue weighted by Crippen LogP contribution is -2.49. The van der Waals surface area contributed by atoms with E-state index in [9.17, 15) is 5.11 Å². The Hall–Kier alpha value is -2.23. The Kier molecular flexibility index (Phi) is 3.92. The van der Waals surface area contributed by atoms with Crippen LogP contribution >= 0.6 is 0 Å². The first-order valence-corrected chi connectivity index (χ1v) is 7.63. The Bertz CT molecular complexity index is 703. The predicted molar refractivity (Wildman–Crippen MR) is 83.4 cm³/mol. The molecule has 3 rings (SSSR count). The van der Waals surface area contributed by atoms with E-state index in [1.807, 2.05) is 26.0 Å². The fraction of sp³-hybridized carbons (Fsp3) is 0.471. The highest BCUT2D eigenvalue weighted by atomic mass is 16.5. The first kappa shape index (κ1) is 15.7. The Balaban J connectivity index is 1.72. The number of hydrogen-bond donors (Lipinski definition) is 1. The first-order valence-electron chi connectivity index (χ1n) is 7.63. The van der Waals surface area contributed by atoms with Crippen LogP contribution in [-0.4, -0.2) is 37.2 Å². The molecule has 1 aliphatic heterocycles. The molecule has 6 heteroatoms. The van der Waals surface area contributed by atoms with Crippen LogP contribution in [0.1, 0.15) is 31.4 Å². The molecule has 0 aliphatic carbocycles. The van der Waals surface area contributed by atoms with Crippen LogP contribution in [0.15, 0.2) is 36.9 Å². The molecule has 0 radical (unpaired) electrons. The van der Waals surface area contributed by atoms with Gasteiger partial charge in [0.25, 0.3) is 0 Å². The van der Waals surface area contributed by atoms with Crippen molar-refractivity contribution in [1.29, 1.82) is 5.26 Å². The van der Waals surface area contributed by atoms with Crippen molar-refractivity contribution in [3.8, 4) is 6.07 Å². The average Bonchev–Trinajstić information content (AvgIpc) is 3.06. The number of nitrogens with zero attached hydrogens (tertiary/aromatic N) is 4. The van der Waals surface area contributed by atoms with Gasteiger partial charge < -0.3 is 9.84 Å². The lowest BCUT2D eigenvalue weighted by Gasteiger charge is -2.34. The van der Waals surface area contributed by atoms with E-state index in [4.69, 9.17) is 10.00 Å². The van der Waals surface area contributed by atoms with Crippen LogP contribution in [0, 0.1) is 11.3 Å². The third kappa shape index (κ3) is 3.11. The van der Waals surface area contributed by atoms with Gasteiger partial charge in [0.05, 0.1) is 29.9 Å². The van der Waals surface area contributed by atoms with Crippen LogP contribution in [0.3, 0.4) is 0 Å². The Morgan fingerprint density at radius 2 is 2.13 bits per heavy atom. The number of nitriles is 1. The normalized spacial score (nSPS) is 26.1. The van der Waals surface area contributed by atoms with Crippen molar-refractivity contribution in [3.63, 3.8) is 0 Å². The summed E-state index contributed by atoms with van der Waals surface area (Å²) < 4.78 is 7.73. The summed E-state index contributed by atoms with van der Waals surface area (Å²) in [7, 11) is 0. The van der Waals surface area contributed by atoms with Crippen molar-refractivity contribution in [2.75, 3.05) is 0 Å². The Labute approximate surface area is 135 Å². The van der Waals surface area contributed by atoms with Gasteiger partial charge >= 0.3 is 0 Å². The van der Waals surface area contributed by atoms with E-state index in [1.54, 1.807) is 23.1 Å². The molecule has 1 aliphatic rings. The third-order valence-corrected chi connectivity index (χ3v) is 4.58. The lowest BCUT2D eigenvalue weighted by molar-refractivity contribution is -0.117. The molecular weight excluding hydrogens is 292 g/mol. The van der Waals surface area contributed by atoms with Gasteiger partial charge in [-0.15, -0.1) is 0 Å². The summed E-state index contributed by atoms with van der Waals surface area (Å²) >= 11 is 0. The Morgan fingerprint density at radius 1 is 1.39 bits per heavy atom. The van der Waals surface area contributed by atoms with E-state index < -0.39 is 11.2 Å². The van der Waals surface area contributed by atoms with Gasteiger partial charge in [-0.2, -0.15) is 10.4 Å². The fourth-order valence-electron chi connectivity index (χ4n) is 3.12. The van der Waals surface area contributed by atoms with Crippen LogP contribution in [0.25, 0.3) is 0 Å². The summed E-state index contributed by atoms with van der Waals surface area (Å²) in [6.07, 6.45) is 4.21. The maximum Gasteiger partial charge on any atom is 0.137 e. The van der Waals surface area contributed by atoms with Gasteiger partial charge in [-0.25, -0.2) is 9.67 Å². The summed E-state index contributed by atoms with van der Waals surface area (Å²) in [5.74, 6) is 0. The minimum absolute atomic E-state index is 0.0774. The molecule has 0 bridgehead atoms. The molecule has 6 nitrogen and oxygen atoms in total. The van der Waals surface area contributed by atoms with Gasteiger partial charge in [0.2, 0.25) is 0 Å². The molecule has 2 aromatic rings. The second-order valence-electron chi connectivity index (χ2n) is 6.59. The molecular formula is C17H20N4O2. The van der Waals surface area contributed by atoms with Crippen LogP contribution in [-0.2, 0) is 17.7 Å². The molecule has 0 amide bonds.